The monoisotopic (exact) mass is 429 g/mol. The van der Waals surface area contributed by atoms with Gasteiger partial charge in [-0.25, -0.2) is 9.18 Å². The second-order valence-corrected chi connectivity index (χ2v) is 8.13. The van der Waals surface area contributed by atoms with E-state index in [0.29, 0.717) is 13.0 Å². The minimum Gasteiger partial charge on any atom is -0.497 e. The summed E-state index contributed by atoms with van der Waals surface area (Å²) in [5, 5.41) is 4.11. The molecule has 4 aromatic rings. The molecular formula is C26H24FN3O2. The van der Waals surface area contributed by atoms with Gasteiger partial charge in [-0.05, 0) is 72.5 Å². The standard InChI is InChI=1S/C26H24FN3O2/c1-16-4-3-5-19(14-16)28-26(31)30-13-12-21-22-15-20(32-2)10-11-23(22)29-24(21)25(30)17-6-8-18(27)9-7-17/h3-11,14-15,25,29H,12-13H2,1-2H3,(H,28,31). The molecule has 5 rings (SSSR count). The molecule has 5 nitrogen and oxygen atoms in total. The van der Waals surface area contributed by atoms with E-state index in [2.05, 4.69) is 10.3 Å². The average Bonchev–Trinajstić information content (AvgIpc) is 3.17. The molecule has 1 aromatic heterocycles. The first-order chi connectivity index (χ1) is 15.5. The van der Waals surface area contributed by atoms with Crippen molar-refractivity contribution < 1.29 is 13.9 Å². The van der Waals surface area contributed by atoms with E-state index < -0.39 is 0 Å². The van der Waals surface area contributed by atoms with E-state index in [0.717, 1.165) is 44.7 Å². The molecule has 2 heterocycles. The summed E-state index contributed by atoms with van der Waals surface area (Å²) in [6.07, 6.45) is 0.710. The highest BCUT2D eigenvalue weighted by Gasteiger charge is 2.34. The van der Waals surface area contributed by atoms with Crippen molar-refractivity contribution in [3.8, 4) is 5.75 Å². The Morgan fingerprint density at radius 1 is 1.12 bits per heavy atom. The lowest BCUT2D eigenvalue weighted by molar-refractivity contribution is 0.193. The Morgan fingerprint density at radius 2 is 1.94 bits per heavy atom. The molecule has 1 atom stereocenters. The van der Waals surface area contributed by atoms with E-state index in [1.54, 1.807) is 19.2 Å². The Labute approximate surface area is 185 Å². The van der Waals surface area contributed by atoms with Gasteiger partial charge in [-0.15, -0.1) is 0 Å². The van der Waals surface area contributed by atoms with Crippen LogP contribution < -0.4 is 10.1 Å². The van der Waals surface area contributed by atoms with Gasteiger partial charge in [-0.2, -0.15) is 0 Å². The van der Waals surface area contributed by atoms with Gasteiger partial charge in [0.1, 0.15) is 11.6 Å². The number of ether oxygens (including phenoxy) is 1. The number of H-pyrrole nitrogens is 1. The molecular weight excluding hydrogens is 405 g/mol. The van der Waals surface area contributed by atoms with Crippen molar-refractivity contribution in [2.24, 2.45) is 0 Å². The maximum Gasteiger partial charge on any atom is 0.322 e. The van der Waals surface area contributed by atoms with E-state index in [9.17, 15) is 9.18 Å². The molecule has 162 valence electrons. The van der Waals surface area contributed by atoms with Crippen LogP contribution in [0.3, 0.4) is 0 Å². The van der Waals surface area contributed by atoms with Crippen LogP contribution in [0.1, 0.15) is 28.4 Å². The second-order valence-electron chi connectivity index (χ2n) is 8.13. The van der Waals surface area contributed by atoms with Crippen LogP contribution in [-0.2, 0) is 6.42 Å². The van der Waals surface area contributed by atoms with Gasteiger partial charge in [0.15, 0.2) is 0 Å². The third kappa shape index (κ3) is 3.58. The predicted molar refractivity (Wildman–Crippen MR) is 124 cm³/mol. The van der Waals surface area contributed by atoms with Crippen LogP contribution in [-0.4, -0.2) is 29.6 Å². The molecule has 0 saturated heterocycles. The largest absolute Gasteiger partial charge is 0.497 e. The number of methoxy groups -OCH3 is 1. The Balaban J connectivity index is 1.58. The van der Waals surface area contributed by atoms with Gasteiger partial charge in [-0.3, -0.25) is 0 Å². The first-order valence-electron chi connectivity index (χ1n) is 10.6. The first-order valence-corrected chi connectivity index (χ1v) is 10.6. The molecule has 1 unspecified atom stereocenters. The van der Waals surface area contributed by atoms with Gasteiger partial charge < -0.3 is 19.9 Å². The third-order valence-corrected chi connectivity index (χ3v) is 6.05. The lowest BCUT2D eigenvalue weighted by Gasteiger charge is -2.36. The summed E-state index contributed by atoms with van der Waals surface area (Å²) in [6, 6.07) is 19.5. The van der Waals surface area contributed by atoms with Gasteiger partial charge in [0.25, 0.3) is 0 Å². The number of aryl methyl sites for hydroxylation is 1. The number of rotatable bonds is 3. The number of benzene rings is 3. The number of fused-ring (bicyclic) bond motifs is 3. The summed E-state index contributed by atoms with van der Waals surface area (Å²) >= 11 is 0. The fourth-order valence-electron chi connectivity index (χ4n) is 4.52. The summed E-state index contributed by atoms with van der Waals surface area (Å²) in [5.41, 5.74) is 5.77. The summed E-state index contributed by atoms with van der Waals surface area (Å²) < 4.78 is 19.1. The molecule has 2 amide bonds. The van der Waals surface area contributed by atoms with E-state index in [1.165, 1.54) is 12.1 Å². The van der Waals surface area contributed by atoms with Crippen LogP contribution in [0, 0.1) is 12.7 Å². The number of aromatic amines is 1. The van der Waals surface area contributed by atoms with Gasteiger partial charge in [0, 0.05) is 28.8 Å². The number of hydrogen-bond acceptors (Lipinski definition) is 2. The van der Waals surface area contributed by atoms with Gasteiger partial charge in [0.05, 0.1) is 13.2 Å². The smallest absolute Gasteiger partial charge is 0.322 e. The highest BCUT2D eigenvalue weighted by Crippen LogP contribution is 2.39. The normalized spacial score (nSPS) is 15.5. The SMILES string of the molecule is COc1ccc2[nH]c3c(c2c1)CCN(C(=O)Nc1cccc(C)c1)C3c1ccc(F)cc1. The van der Waals surface area contributed by atoms with Crippen LogP contribution in [0.25, 0.3) is 10.9 Å². The zero-order valence-electron chi connectivity index (χ0n) is 18.0. The highest BCUT2D eigenvalue weighted by atomic mass is 19.1. The van der Waals surface area contributed by atoms with Crippen molar-refractivity contribution in [2.75, 3.05) is 19.0 Å². The highest BCUT2D eigenvalue weighted by molar-refractivity contribution is 5.92. The number of amides is 2. The van der Waals surface area contributed by atoms with Crippen LogP contribution in [0.5, 0.6) is 5.75 Å². The number of carbonyl (C=O) groups is 1. The molecule has 1 aliphatic heterocycles. The Bertz CT molecular complexity index is 1300. The molecule has 0 radical (unpaired) electrons. The molecule has 0 aliphatic carbocycles. The lowest BCUT2D eigenvalue weighted by atomic mass is 9.92. The summed E-state index contributed by atoms with van der Waals surface area (Å²) in [6.45, 7) is 2.53. The van der Waals surface area contributed by atoms with Gasteiger partial charge in [-0.1, -0.05) is 24.3 Å². The Hall–Kier alpha value is -3.80. The average molecular weight is 429 g/mol. The van der Waals surface area contributed by atoms with E-state index in [4.69, 9.17) is 4.74 Å². The number of hydrogen-bond donors (Lipinski definition) is 2. The van der Waals surface area contributed by atoms with Crippen LogP contribution in [0.2, 0.25) is 0 Å². The van der Waals surface area contributed by atoms with Crippen molar-refractivity contribution >= 4 is 22.6 Å². The topological polar surface area (TPSA) is 57.4 Å². The molecule has 0 saturated carbocycles. The van der Waals surface area contributed by atoms with Crippen molar-refractivity contribution in [1.29, 1.82) is 0 Å². The minimum absolute atomic E-state index is 0.188. The van der Waals surface area contributed by atoms with Gasteiger partial charge >= 0.3 is 6.03 Å². The molecule has 0 bridgehead atoms. The molecule has 32 heavy (non-hydrogen) atoms. The van der Waals surface area contributed by atoms with Crippen LogP contribution in [0.15, 0.2) is 66.7 Å². The number of nitrogens with zero attached hydrogens (tertiary/aromatic N) is 1. The maximum absolute atomic E-state index is 13.7. The molecule has 0 fully saturated rings. The number of urea groups is 1. The Morgan fingerprint density at radius 3 is 2.69 bits per heavy atom. The number of anilines is 1. The number of carbonyl (C=O) groups excluding carboxylic acids is 1. The zero-order valence-corrected chi connectivity index (χ0v) is 18.0. The maximum atomic E-state index is 13.7. The quantitative estimate of drug-likeness (QED) is 0.432. The summed E-state index contributed by atoms with van der Waals surface area (Å²) in [7, 11) is 1.65. The second kappa shape index (κ2) is 8.04. The molecule has 6 heteroatoms. The number of nitrogens with one attached hydrogen (secondary N) is 2. The predicted octanol–water partition coefficient (Wildman–Crippen LogP) is 5.80. The zero-order chi connectivity index (χ0) is 22.2. The van der Waals surface area contributed by atoms with Crippen molar-refractivity contribution in [3.63, 3.8) is 0 Å². The van der Waals surface area contributed by atoms with Crippen LogP contribution >= 0.6 is 0 Å². The number of halogens is 1. The van der Waals surface area contributed by atoms with E-state index in [1.807, 2.05) is 54.3 Å². The molecule has 0 spiro atoms. The molecule has 1 aliphatic rings. The summed E-state index contributed by atoms with van der Waals surface area (Å²) in [4.78, 5) is 18.7. The van der Waals surface area contributed by atoms with Crippen molar-refractivity contribution in [2.45, 2.75) is 19.4 Å². The first kappa shape index (κ1) is 20.1. The minimum atomic E-state index is -0.359. The third-order valence-electron chi connectivity index (χ3n) is 6.05. The summed E-state index contributed by atoms with van der Waals surface area (Å²) in [5.74, 6) is 0.485. The van der Waals surface area contributed by atoms with Crippen LogP contribution in [0.4, 0.5) is 14.9 Å². The molecule has 3 aromatic carbocycles. The van der Waals surface area contributed by atoms with Gasteiger partial charge in [0.2, 0.25) is 0 Å². The van der Waals surface area contributed by atoms with E-state index in [-0.39, 0.29) is 17.9 Å². The molecule has 2 N–H and O–H groups in total. The number of aromatic nitrogens is 1. The van der Waals surface area contributed by atoms with E-state index >= 15 is 0 Å². The Kier molecular flexibility index (Phi) is 5.05. The lowest BCUT2D eigenvalue weighted by Crippen LogP contribution is -2.43. The fourth-order valence-corrected chi connectivity index (χ4v) is 4.52. The van der Waals surface area contributed by atoms with Crippen molar-refractivity contribution in [1.82, 2.24) is 9.88 Å². The van der Waals surface area contributed by atoms with Crippen molar-refractivity contribution in [3.05, 3.63) is 94.9 Å². The fraction of sp³-hybridized carbons (Fsp3) is 0.192.